The normalized spacial score (nSPS) is 15.6. The van der Waals surface area contributed by atoms with Gasteiger partial charge in [-0.25, -0.2) is 0 Å². The first-order valence-corrected chi connectivity index (χ1v) is 14.6. The van der Waals surface area contributed by atoms with E-state index in [0.29, 0.717) is 51.2 Å². The molecule has 0 bridgehead atoms. The third-order valence-electron chi connectivity index (χ3n) is 8.23. The maximum Gasteiger partial charge on any atom is 0.231 e. The van der Waals surface area contributed by atoms with Gasteiger partial charge in [0.2, 0.25) is 6.79 Å². The number of carbonyl (C=O) groups is 1. The standard InChI is InChI=1S/C33H27ClN4O5/c34-20-5-8-22(9-6-20)40-16-15-37-11-13-38(14-12-37)26-18-25(35-21-7-10-27-28(17-21)42-19-41-27)29-30-31(26)36-43-33(30)24-4-2-1-3-23(24)32(29)39/h1-10,17-18,35H,11-16,19H2. The van der Waals surface area contributed by atoms with Gasteiger partial charge in [0, 0.05) is 60.6 Å². The van der Waals surface area contributed by atoms with Crippen molar-refractivity contribution in [1.29, 1.82) is 0 Å². The van der Waals surface area contributed by atoms with E-state index in [1.807, 2.05) is 72.8 Å². The molecule has 1 aliphatic carbocycles. The maximum absolute atomic E-state index is 13.9. The van der Waals surface area contributed by atoms with Gasteiger partial charge in [-0.05, 0) is 42.5 Å². The van der Waals surface area contributed by atoms with Gasteiger partial charge in [0.15, 0.2) is 23.0 Å². The highest BCUT2D eigenvalue weighted by Gasteiger charge is 2.34. The topological polar surface area (TPSA) is 89.3 Å². The van der Waals surface area contributed by atoms with Crippen LogP contribution in [0.4, 0.5) is 17.1 Å². The third-order valence-corrected chi connectivity index (χ3v) is 8.48. The van der Waals surface area contributed by atoms with E-state index in [0.717, 1.165) is 60.8 Å². The molecule has 0 saturated carbocycles. The lowest BCUT2D eigenvalue weighted by molar-refractivity contribution is 0.104. The quantitative estimate of drug-likeness (QED) is 0.226. The van der Waals surface area contributed by atoms with Crippen molar-refractivity contribution >= 4 is 45.3 Å². The van der Waals surface area contributed by atoms with E-state index in [1.54, 1.807) is 0 Å². The minimum absolute atomic E-state index is 0.0587. The minimum atomic E-state index is -0.0587. The van der Waals surface area contributed by atoms with Crippen LogP contribution in [0.1, 0.15) is 15.9 Å². The van der Waals surface area contributed by atoms with E-state index >= 15 is 0 Å². The summed E-state index contributed by atoms with van der Waals surface area (Å²) in [6.45, 7) is 4.94. The SMILES string of the molecule is O=C1c2ccccc2-c2onc3c(N4CCN(CCOc5ccc(Cl)cc5)CC4)cc(Nc4ccc5c(c4)OCO5)c1c23. The Morgan fingerprint density at radius 1 is 0.907 bits per heavy atom. The molecule has 1 saturated heterocycles. The zero-order valence-corrected chi connectivity index (χ0v) is 23.9. The minimum Gasteiger partial charge on any atom is -0.492 e. The van der Waals surface area contributed by atoms with E-state index in [2.05, 4.69) is 20.3 Å². The maximum atomic E-state index is 13.9. The van der Waals surface area contributed by atoms with Crippen molar-refractivity contribution in [3.05, 3.63) is 88.9 Å². The first-order chi connectivity index (χ1) is 21.1. The fourth-order valence-corrected chi connectivity index (χ4v) is 6.17. The van der Waals surface area contributed by atoms with Gasteiger partial charge >= 0.3 is 0 Å². The zero-order chi connectivity index (χ0) is 28.9. The summed E-state index contributed by atoms with van der Waals surface area (Å²) in [4.78, 5) is 18.7. The summed E-state index contributed by atoms with van der Waals surface area (Å²) in [5.74, 6) is 2.74. The van der Waals surface area contributed by atoms with Crippen molar-refractivity contribution in [2.75, 3.05) is 56.3 Å². The highest BCUT2D eigenvalue weighted by atomic mass is 35.5. The van der Waals surface area contributed by atoms with Crippen LogP contribution in [0.15, 0.2) is 77.3 Å². The van der Waals surface area contributed by atoms with Crippen molar-refractivity contribution in [2.24, 2.45) is 0 Å². The second kappa shape index (κ2) is 10.5. The molecular weight excluding hydrogens is 568 g/mol. The van der Waals surface area contributed by atoms with Gasteiger partial charge in [-0.2, -0.15) is 0 Å². The lowest BCUT2D eigenvalue weighted by Crippen LogP contribution is -2.47. The molecule has 0 spiro atoms. The Kier molecular flexibility index (Phi) is 6.35. The molecule has 0 atom stereocenters. The average Bonchev–Trinajstić information content (AvgIpc) is 3.69. The fourth-order valence-electron chi connectivity index (χ4n) is 6.05. The molecular formula is C33H27ClN4O5. The molecule has 1 aromatic heterocycles. The second-order valence-corrected chi connectivity index (χ2v) is 11.2. The summed E-state index contributed by atoms with van der Waals surface area (Å²) in [5, 5.41) is 9.46. The van der Waals surface area contributed by atoms with Crippen LogP contribution in [0.25, 0.3) is 22.2 Å². The fraction of sp³-hybridized carbons (Fsp3) is 0.212. The molecule has 0 radical (unpaired) electrons. The number of aromatic nitrogens is 1. The summed E-state index contributed by atoms with van der Waals surface area (Å²) >= 11 is 5.98. The highest BCUT2D eigenvalue weighted by Crippen LogP contribution is 2.47. The van der Waals surface area contributed by atoms with E-state index in [4.69, 9.17) is 30.3 Å². The Morgan fingerprint density at radius 2 is 1.70 bits per heavy atom. The molecule has 43 heavy (non-hydrogen) atoms. The highest BCUT2D eigenvalue weighted by molar-refractivity contribution is 6.30. The van der Waals surface area contributed by atoms with Gasteiger partial charge in [-0.3, -0.25) is 9.69 Å². The van der Waals surface area contributed by atoms with Crippen LogP contribution in [-0.2, 0) is 0 Å². The Morgan fingerprint density at radius 3 is 2.53 bits per heavy atom. The largest absolute Gasteiger partial charge is 0.492 e. The van der Waals surface area contributed by atoms with Crippen molar-refractivity contribution in [3.63, 3.8) is 0 Å². The Bertz CT molecular complexity index is 1860. The number of rotatable bonds is 7. The van der Waals surface area contributed by atoms with Gasteiger partial charge in [0.05, 0.1) is 22.3 Å². The van der Waals surface area contributed by atoms with Crippen LogP contribution in [-0.4, -0.2) is 62.0 Å². The van der Waals surface area contributed by atoms with Crippen LogP contribution < -0.4 is 24.4 Å². The predicted molar refractivity (Wildman–Crippen MR) is 164 cm³/mol. The van der Waals surface area contributed by atoms with Gasteiger partial charge in [-0.1, -0.05) is 41.0 Å². The van der Waals surface area contributed by atoms with Crippen molar-refractivity contribution < 1.29 is 23.5 Å². The molecule has 0 unspecified atom stereocenters. The number of carbonyl (C=O) groups excluding carboxylic acids is 1. The molecule has 3 aliphatic rings. The van der Waals surface area contributed by atoms with Crippen LogP contribution in [0, 0.1) is 0 Å². The number of anilines is 3. The number of nitrogens with zero attached hydrogens (tertiary/aromatic N) is 3. The number of benzene rings is 4. The molecule has 5 aromatic rings. The van der Waals surface area contributed by atoms with Crippen LogP contribution in [0.2, 0.25) is 5.02 Å². The molecule has 216 valence electrons. The number of hydrogen-bond acceptors (Lipinski definition) is 9. The molecule has 8 rings (SSSR count). The summed E-state index contributed by atoms with van der Waals surface area (Å²) in [5.41, 5.74) is 5.04. The average molecular weight is 595 g/mol. The lowest BCUT2D eigenvalue weighted by atomic mass is 9.86. The Hall–Kier alpha value is -4.73. The van der Waals surface area contributed by atoms with Crippen molar-refractivity contribution in [2.45, 2.75) is 0 Å². The van der Waals surface area contributed by atoms with Gasteiger partial charge < -0.3 is 29.0 Å². The summed E-state index contributed by atoms with van der Waals surface area (Å²) in [6, 6.07) is 22.7. The number of ketones is 1. The number of nitrogens with one attached hydrogen (secondary N) is 1. The number of piperazine rings is 1. The first kappa shape index (κ1) is 25.9. The number of halogens is 1. The summed E-state index contributed by atoms with van der Waals surface area (Å²) < 4.78 is 23.0. The van der Waals surface area contributed by atoms with Gasteiger partial charge in [0.25, 0.3) is 0 Å². The second-order valence-electron chi connectivity index (χ2n) is 10.8. The number of hydrogen-bond donors (Lipinski definition) is 1. The predicted octanol–water partition coefficient (Wildman–Crippen LogP) is 6.37. The van der Waals surface area contributed by atoms with Crippen LogP contribution in [0.5, 0.6) is 17.2 Å². The van der Waals surface area contributed by atoms with E-state index in [9.17, 15) is 4.79 Å². The monoisotopic (exact) mass is 594 g/mol. The summed E-state index contributed by atoms with van der Waals surface area (Å²) in [6.07, 6.45) is 0. The molecule has 1 N–H and O–H groups in total. The van der Waals surface area contributed by atoms with Crippen molar-refractivity contribution in [3.8, 4) is 28.6 Å². The van der Waals surface area contributed by atoms with E-state index in [1.165, 1.54) is 0 Å². The number of ether oxygens (including phenoxy) is 3. The molecule has 10 heteroatoms. The lowest BCUT2D eigenvalue weighted by Gasteiger charge is -2.36. The molecule has 4 aromatic carbocycles. The Labute approximate surface area is 252 Å². The first-order valence-electron chi connectivity index (χ1n) is 14.3. The molecule has 3 heterocycles. The van der Waals surface area contributed by atoms with E-state index in [-0.39, 0.29) is 12.6 Å². The van der Waals surface area contributed by atoms with Crippen LogP contribution in [0.3, 0.4) is 0 Å². The molecule has 0 amide bonds. The summed E-state index contributed by atoms with van der Waals surface area (Å²) in [7, 11) is 0. The smallest absolute Gasteiger partial charge is 0.231 e. The molecule has 9 nitrogen and oxygen atoms in total. The van der Waals surface area contributed by atoms with E-state index < -0.39 is 0 Å². The Balaban J connectivity index is 1.09. The molecule has 1 fully saturated rings. The number of fused-ring (bicyclic) bond motifs is 3. The third kappa shape index (κ3) is 4.61. The van der Waals surface area contributed by atoms with Crippen LogP contribution >= 0.6 is 11.6 Å². The zero-order valence-electron chi connectivity index (χ0n) is 23.1. The molecule has 2 aliphatic heterocycles. The van der Waals surface area contributed by atoms with Crippen molar-refractivity contribution in [1.82, 2.24) is 10.1 Å². The van der Waals surface area contributed by atoms with Gasteiger partial charge in [-0.15, -0.1) is 0 Å². The van der Waals surface area contributed by atoms with Gasteiger partial charge in [0.1, 0.15) is 17.9 Å².